The smallest absolute Gasteiger partial charge is 0.251 e. The second-order valence-corrected chi connectivity index (χ2v) is 5.21. The average Bonchev–Trinajstić information content (AvgIpc) is 2.82. The van der Waals surface area contributed by atoms with E-state index in [1.807, 2.05) is 26.0 Å². The first-order valence-corrected chi connectivity index (χ1v) is 6.78. The van der Waals surface area contributed by atoms with Gasteiger partial charge in [-0.2, -0.15) is 0 Å². The van der Waals surface area contributed by atoms with Crippen LogP contribution in [0, 0.1) is 5.92 Å². The van der Waals surface area contributed by atoms with E-state index in [9.17, 15) is 4.79 Å². The number of carbonyl (C=O) groups excluding carboxylic acids is 1. The molecule has 1 unspecified atom stereocenters. The lowest BCUT2D eigenvalue weighted by molar-refractivity contribution is 0.0931. The molecule has 1 N–H and O–H groups in total. The number of carbonyl (C=O) groups is 1. The topological polar surface area (TPSA) is 38.3 Å². The van der Waals surface area contributed by atoms with Crippen LogP contribution in [0.15, 0.2) is 18.2 Å². The van der Waals surface area contributed by atoms with E-state index in [4.69, 9.17) is 16.3 Å². The second kappa shape index (κ2) is 5.61. The molecule has 3 nitrogen and oxygen atoms in total. The van der Waals surface area contributed by atoms with Gasteiger partial charge in [0.2, 0.25) is 0 Å². The van der Waals surface area contributed by atoms with Gasteiger partial charge < -0.3 is 10.1 Å². The Bertz CT molecular complexity index is 445. The maximum absolute atomic E-state index is 12.1. The van der Waals surface area contributed by atoms with Crippen LogP contribution in [0.25, 0.3) is 0 Å². The molecule has 0 aromatic heterocycles. The average molecular weight is 268 g/mol. The first kappa shape index (κ1) is 13.2. The van der Waals surface area contributed by atoms with Crippen molar-refractivity contribution in [2.24, 2.45) is 5.92 Å². The fourth-order valence-electron chi connectivity index (χ4n) is 1.96. The molecule has 1 aliphatic rings. The van der Waals surface area contributed by atoms with E-state index < -0.39 is 0 Å². The number of alkyl halides is 1. The third kappa shape index (κ3) is 2.78. The van der Waals surface area contributed by atoms with Crippen molar-refractivity contribution in [3.05, 3.63) is 29.3 Å². The minimum absolute atomic E-state index is 0.00340. The fourth-order valence-corrected chi connectivity index (χ4v) is 2.40. The molecule has 0 bridgehead atoms. The zero-order valence-corrected chi connectivity index (χ0v) is 11.5. The molecular formula is C14H18ClNO2. The molecular weight excluding hydrogens is 250 g/mol. The SMILES string of the molecule is CC(C)C(CCl)NC(=O)c1ccc2c(c1)CCO2. The van der Waals surface area contributed by atoms with E-state index in [0.717, 1.165) is 17.7 Å². The molecule has 1 aromatic carbocycles. The Morgan fingerprint density at radius 2 is 2.28 bits per heavy atom. The van der Waals surface area contributed by atoms with Crippen LogP contribution in [-0.4, -0.2) is 24.4 Å². The van der Waals surface area contributed by atoms with Crippen molar-refractivity contribution in [1.29, 1.82) is 0 Å². The van der Waals surface area contributed by atoms with Crippen LogP contribution in [0.4, 0.5) is 0 Å². The van der Waals surface area contributed by atoms with E-state index in [-0.39, 0.29) is 11.9 Å². The number of benzene rings is 1. The minimum atomic E-state index is -0.0657. The summed E-state index contributed by atoms with van der Waals surface area (Å²) in [6.45, 7) is 4.80. The fraction of sp³-hybridized carbons (Fsp3) is 0.500. The third-order valence-electron chi connectivity index (χ3n) is 3.24. The molecule has 1 aliphatic heterocycles. The van der Waals surface area contributed by atoms with Gasteiger partial charge in [0.1, 0.15) is 5.75 Å². The second-order valence-electron chi connectivity index (χ2n) is 4.90. The number of fused-ring (bicyclic) bond motifs is 1. The summed E-state index contributed by atoms with van der Waals surface area (Å²) in [6, 6.07) is 5.57. The highest BCUT2D eigenvalue weighted by Gasteiger charge is 2.18. The van der Waals surface area contributed by atoms with E-state index in [2.05, 4.69) is 5.32 Å². The predicted octanol–water partition coefficient (Wildman–Crippen LogP) is 2.61. The van der Waals surface area contributed by atoms with Crippen molar-refractivity contribution < 1.29 is 9.53 Å². The summed E-state index contributed by atoms with van der Waals surface area (Å²) < 4.78 is 5.42. The van der Waals surface area contributed by atoms with Crippen LogP contribution in [0.3, 0.4) is 0 Å². The summed E-state index contributed by atoms with van der Waals surface area (Å²) in [5, 5.41) is 2.96. The van der Waals surface area contributed by atoms with Gasteiger partial charge in [0.15, 0.2) is 0 Å². The van der Waals surface area contributed by atoms with Crippen molar-refractivity contribution in [1.82, 2.24) is 5.32 Å². The highest BCUT2D eigenvalue weighted by molar-refractivity contribution is 6.18. The number of ether oxygens (including phenoxy) is 1. The van der Waals surface area contributed by atoms with Gasteiger partial charge in [-0.05, 0) is 29.7 Å². The van der Waals surface area contributed by atoms with Gasteiger partial charge in [-0.15, -0.1) is 11.6 Å². The van der Waals surface area contributed by atoms with Crippen LogP contribution in [-0.2, 0) is 6.42 Å². The van der Waals surface area contributed by atoms with Crippen molar-refractivity contribution in [3.8, 4) is 5.75 Å². The van der Waals surface area contributed by atoms with Gasteiger partial charge in [-0.3, -0.25) is 4.79 Å². The predicted molar refractivity (Wildman–Crippen MR) is 72.5 cm³/mol. The van der Waals surface area contributed by atoms with Gasteiger partial charge in [0.05, 0.1) is 6.61 Å². The molecule has 0 saturated carbocycles. The largest absolute Gasteiger partial charge is 0.493 e. The number of rotatable bonds is 4. The Labute approximate surface area is 112 Å². The summed E-state index contributed by atoms with van der Waals surface area (Å²) >= 11 is 5.85. The molecule has 1 aromatic rings. The quantitative estimate of drug-likeness (QED) is 0.852. The Morgan fingerprint density at radius 1 is 1.50 bits per heavy atom. The molecule has 0 radical (unpaired) electrons. The van der Waals surface area contributed by atoms with Crippen molar-refractivity contribution in [2.75, 3.05) is 12.5 Å². The van der Waals surface area contributed by atoms with Crippen molar-refractivity contribution >= 4 is 17.5 Å². The highest BCUT2D eigenvalue weighted by Crippen LogP contribution is 2.25. The Kier molecular flexibility index (Phi) is 4.12. The Morgan fingerprint density at radius 3 is 2.94 bits per heavy atom. The number of hydrogen-bond acceptors (Lipinski definition) is 2. The molecule has 0 saturated heterocycles. The lowest BCUT2D eigenvalue weighted by Crippen LogP contribution is -2.39. The molecule has 1 atom stereocenters. The maximum Gasteiger partial charge on any atom is 0.251 e. The molecule has 0 spiro atoms. The monoisotopic (exact) mass is 267 g/mol. The molecule has 1 amide bonds. The summed E-state index contributed by atoms with van der Waals surface area (Å²) in [5.41, 5.74) is 1.78. The molecule has 0 aliphatic carbocycles. The minimum Gasteiger partial charge on any atom is -0.493 e. The van der Waals surface area contributed by atoms with Gasteiger partial charge in [-0.25, -0.2) is 0 Å². The van der Waals surface area contributed by atoms with E-state index >= 15 is 0 Å². The summed E-state index contributed by atoms with van der Waals surface area (Å²) in [6.07, 6.45) is 0.875. The lowest BCUT2D eigenvalue weighted by atomic mass is 10.0. The van der Waals surface area contributed by atoms with Gasteiger partial charge >= 0.3 is 0 Å². The van der Waals surface area contributed by atoms with E-state index in [0.29, 0.717) is 24.0 Å². The van der Waals surface area contributed by atoms with Crippen LogP contribution in [0.5, 0.6) is 5.75 Å². The number of amides is 1. The van der Waals surface area contributed by atoms with Gasteiger partial charge in [0.25, 0.3) is 5.91 Å². The maximum atomic E-state index is 12.1. The molecule has 0 fully saturated rings. The molecule has 18 heavy (non-hydrogen) atoms. The van der Waals surface area contributed by atoms with Gasteiger partial charge in [0, 0.05) is 23.9 Å². The van der Waals surface area contributed by atoms with Crippen LogP contribution >= 0.6 is 11.6 Å². The highest BCUT2D eigenvalue weighted by atomic mass is 35.5. The molecule has 2 rings (SSSR count). The Balaban J connectivity index is 2.09. The number of hydrogen-bond donors (Lipinski definition) is 1. The van der Waals surface area contributed by atoms with E-state index in [1.165, 1.54) is 0 Å². The summed E-state index contributed by atoms with van der Waals surface area (Å²) in [7, 11) is 0. The zero-order chi connectivity index (χ0) is 13.1. The normalized spacial score (nSPS) is 15.1. The van der Waals surface area contributed by atoms with Crippen molar-refractivity contribution in [3.63, 3.8) is 0 Å². The van der Waals surface area contributed by atoms with Crippen LogP contribution in [0.2, 0.25) is 0 Å². The molecule has 4 heteroatoms. The lowest BCUT2D eigenvalue weighted by Gasteiger charge is -2.19. The summed E-state index contributed by atoms with van der Waals surface area (Å²) in [4.78, 5) is 12.1. The van der Waals surface area contributed by atoms with Crippen molar-refractivity contribution in [2.45, 2.75) is 26.3 Å². The zero-order valence-electron chi connectivity index (χ0n) is 10.7. The van der Waals surface area contributed by atoms with E-state index in [1.54, 1.807) is 6.07 Å². The Hall–Kier alpha value is -1.22. The van der Waals surface area contributed by atoms with Crippen LogP contribution in [0.1, 0.15) is 29.8 Å². The first-order chi connectivity index (χ1) is 8.61. The van der Waals surface area contributed by atoms with Gasteiger partial charge in [-0.1, -0.05) is 13.8 Å². The van der Waals surface area contributed by atoms with Crippen LogP contribution < -0.4 is 10.1 Å². The number of nitrogens with one attached hydrogen (secondary N) is 1. The standard InChI is InChI=1S/C14H18ClNO2/c1-9(2)12(8-15)16-14(17)11-3-4-13-10(7-11)5-6-18-13/h3-4,7,9,12H,5-6,8H2,1-2H3,(H,16,17). The summed E-state index contributed by atoms with van der Waals surface area (Å²) in [5.74, 6) is 1.58. The molecule has 98 valence electrons. The molecule has 1 heterocycles. The third-order valence-corrected chi connectivity index (χ3v) is 3.57. The first-order valence-electron chi connectivity index (χ1n) is 6.24. The number of halogens is 1.